The van der Waals surface area contributed by atoms with Crippen LogP contribution in [0.1, 0.15) is 15.9 Å². The Bertz CT molecular complexity index is 543. The second-order valence-corrected chi connectivity index (χ2v) is 5.11. The van der Waals surface area contributed by atoms with E-state index in [0.29, 0.717) is 16.9 Å². The van der Waals surface area contributed by atoms with E-state index in [9.17, 15) is 4.79 Å². The van der Waals surface area contributed by atoms with Crippen LogP contribution >= 0.6 is 23.3 Å². The Morgan fingerprint density at radius 3 is 2.76 bits per heavy atom. The highest BCUT2D eigenvalue weighted by molar-refractivity contribution is 8.01. The van der Waals surface area contributed by atoms with Crippen molar-refractivity contribution in [2.75, 3.05) is 5.75 Å². The first kappa shape index (κ1) is 11.8. The van der Waals surface area contributed by atoms with E-state index in [4.69, 9.17) is 5.26 Å². The number of hydrogen-bond donors (Lipinski definition) is 0. The number of rotatable bonds is 4. The number of carbonyl (C=O) groups is 1. The molecule has 0 unspecified atom stereocenters. The summed E-state index contributed by atoms with van der Waals surface area (Å²) in [5.74, 6) is 0.357. The molecule has 0 saturated heterocycles. The van der Waals surface area contributed by atoms with Crippen molar-refractivity contribution in [1.82, 2.24) is 9.36 Å². The number of carbonyl (C=O) groups excluding carboxylic acids is 1. The highest BCUT2D eigenvalue weighted by Crippen LogP contribution is 2.19. The van der Waals surface area contributed by atoms with Crippen molar-refractivity contribution in [3.05, 3.63) is 41.7 Å². The normalized spacial score (nSPS) is 9.82. The fourth-order valence-corrected chi connectivity index (χ4v) is 2.51. The number of Topliss-reactive ketones (excluding diaryl/α,β-unsaturated/α-hetero) is 1. The number of hydrogen-bond acceptors (Lipinski definition) is 6. The Kier molecular flexibility index (Phi) is 3.85. The molecular formula is C11H7N3OS2. The van der Waals surface area contributed by atoms with E-state index in [1.165, 1.54) is 29.6 Å². The van der Waals surface area contributed by atoms with Crippen LogP contribution in [0.25, 0.3) is 0 Å². The van der Waals surface area contributed by atoms with Crippen molar-refractivity contribution in [3.63, 3.8) is 0 Å². The molecule has 0 N–H and O–H groups in total. The first-order valence-electron chi connectivity index (χ1n) is 4.72. The number of aromatic nitrogens is 2. The van der Waals surface area contributed by atoms with Crippen LogP contribution in [0.3, 0.4) is 0 Å². The largest absolute Gasteiger partial charge is 0.293 e. The van der Waals surface area contributed by atoms with Gasteiger partial charge < -0.3 is 0 Å². The highest BCUT2D eigenvalue weighted by atomic mass is 32.2. The van der Waals surface area contributed by atoms with Crippen molar-refractivity contribution in [3.8, 4) is 6.07 Å². The molecule has 4 nitrogen and oxygen atoms in total. The molecule has 0 spiro atoms. The molecule has 0 radical (unpaired) electrons. The van der Waals surface area contributed by atoms with Gasteiger partial charge >= 0.3 is 0 Å². The van der Waals surface area contributed by atoms with Crippen molar-refractivity contribution in [2.45, 2.75) is 4.34 Å². The Morgan fingerprint density at radius 1 is 1.41 bits per heavy atom. The summed E-state index contributed by atoms with van der Waals surface area (Å²) in [4.78, 5) is 15.8. The van der Waals surface area contributed by atoms with E-state index in [1.807, 2.05) is 6.07 Å². The van der Waals surface area contributed by atoms with Gasteiger partial charge in [0.1, 0.15) is 6.33 Å². The monoisotopic (exact) mass is 261 g/mol. The first-order valence-corrected chi connectivity index (χ1v) is 6.48. The van der Waals surface area contributed by atoms with Gasteiger partial charge in [-0.3, -0.25) is 4.79 Å². The zero-order valence-corrected chi connectivity index (χ0v) is 10.3. The van der Waals surface area contributed by atoms with Crippen LogP contribution in [0.2, 0.25) is 0 Å². The van der Waals surface area contributed by atoms with Crippen molar-refractivity contribution in [2.24, 2.45) is 0 Å². The van der Waals surface area contributed by atoms with Gasteiger partial charge in [-0.1, -0.05) is 23.9 Å². The molecular weight excluding hydrogens is 254 g/mol. The molecule has 0 atom stereocenters. The van der Waals surface area contributed by atoms with Gasteiger partial charge in [0.2, 0.25) is 0 Å². The summed E-state index contributed by atoms with van der Waals surface area (Å²) in [6, 6.07) is 8.63. The Labute approximate surface area is 106 Å². The molecule has 0 aliphatic rings. The third kappa shape index (κ3) is 3.12. The van der Waals surface area contributed by atoms with Gasteiger partial charge in [-0.05, 0) is 23.7 Å². The van der Waals surface area contributed by atoms with E-state index in [1.54, 1.807) is 24.3 Å². The maximum absolute atomic E-state index is 11.8. The molecule has 0 amide bonds. The second-order valence-electron chi connectivity index (χ2n) is 3.11. The molecule has 17 heavy (non-hydrogen) atoms. The van der Waals surface area contributed by atoms with E-state index in [0.717, 1.165) is 4.34 Å². The van der Waals surface area contributed by atoms with Crippen LogP contribution < -0.4 is 0 Å². The molecule has 0 aliphatic carbocycles. The lowest BCUT2D eigenvalue weighted by Crippen LogP contribution is -2.01. The maximum Gasteiger partial charge on any atom is 0.173 e. The Balaban J connectivity index is 1.97. The predicted molar refractivity (Wildman–Crippen MR) is 66.1 cm³/mol. The molecule has 2 rings (SSSR count). The fraction of sp³-hybridized carbons (Fsp3) is 0.0909. The lowest BCUT2D eigenvalue weighted by molar-refractivity contribution is 0.102. The molecule has 1 aromatic heterocycles. The number of nitrogens with zero attached hydrogens (tertiary/aromatic N) is 3. The number of nitriles is 1. The van der Waals surface area contributed by atoms with E-state index in [2.05, 4.69) is 9.36 Å². The third-order valence-corrected chi connectivity index (χ3v) is 3.80. The fourth-order valence-electron chi connectivity index (χ4n) is 1.17. The molecule has 0 fully saturated rings. The minimum atomic E-state index is 0.0229. The second kappa shape index (κ2) is 5.57. The lowest BCUT2D eigenvalue weighted by atomic mass is 10.1. The summed E-state index contributed by atoms with van der Waals surface area (Å²) in [6.45, 7) is 0. The summed E-state index contributed by atoms with van der Waals surface area (Å²) in [7, 11) is 0. The van der Waals surface area contributed by atoms with E-state index < -0.39 is 0 Å². The van der Waals surface area contributed by atoms with Gasteiger partial charge in [0, 0.05) is 5.56 Å². The van der Waals surface area contributed by atoms with Gasteiger partial charge in [-0.15, -0.1) is 0 Å². The zero-order chi connectivity index (χ0) is 12.1. The van der Waals surface area contributed by atoms with Crippen molar-refractivity contribution in [1.29, 1.82) is 5.26 Å². The van der Waals surface area contributed by atoms with Crippen LogP contribution in [-0.4, -0.2) is 20.9 Å². The molecule has 6 heteroatoms. The average Bonchev–Trinajstić information content (AvgIpc) is 2.89. The minimum Gasteiger partial charge on any atom is -0.293 e. The van der Waals surface area contributed by atoms with Gasteiger partial charge in [0.15, 0.2) is 10.1 Å². The summed E-state index contributed by atoms with van der Waals surface area (Å²) in [5, 5.41) is 8.64. The molecule has 1 heterocycles. The summed E-state index contributed by atoms with van der Waals surface area (Å²) < 4.78 is 4.64. The Morgan fingerprint density at radius 2 is 2.18 bits per heavy atom. The van der Waals surface area contributed by atoms with E-state index in [-0.39, 0.29) is 5.78 Å². The van der Waals surface area contributed by atoms with Crippen LogP contribution in [-0.2, 0) is 0 Å². The molecule has 0 aliphatic heterocycles. The standard InChI is InChI=1S/C11H7N3OS2/c12-5-8-1-3-9(4-2-8)10(15)6-16-11-13-7-14-17-11/h1-4,7H,6H2. The molecule has 1 aromatic carbocycles. The summed E-state index contributed by atoms with van der Waals surface area (Å²) in [6.07, 6.45) is 1.47. The highest BCUT2D eigenvalue weighted by Gasteiger charge is 2.07. The van der Waals surface area contributed by atoms with Crippen LogP contribution in [0.5, 0.6) is 0 Å². The zero-order valence-electron chi connectivity index (χ0n) is 8.66. The number of thioether (sulfide) groups is 1. The SMILES string of the molecule is N#Cc1ccc(C(=O)CSc2ncns2)cc1. The molecule has 2 aromatic rings. The van der Waals surface area contributed by atoms with Crippen LogP contribution in [0, 0.1) is 11.3 Å². The van der Waals surface area contributed by atoms with Gasteiger partial charge in [0.05, 0.1) is 17.4 Å². The number of benzene rings is 1. The smallest absolute Gasteiger partial charge is 0.173 e. The quantitative estimate of drug-likeness (QED) is 0.624. The lowest BCUT2D eigenvalue weighted by Gasteiger charge is -1.98. The van der Waals surface area contributed by atoms with Gasteiger partial charge in [0.25, 0.3) is 0 Å². The van der Waals surface area contributed by atoms with Gasteiger partial charge in [-0.2, -0.15) is 9.64 Å². The maximum atomic E-state index is 11.8. The summed E-state index contributed by atoms with van der Waals surface area (Å²) >= 11 is 2.64. The van der Waals surface area contributed by atoms with Crippen molar-refractivity contribution >= 4 is 29.1 Å². The summed E-state index contributed by atoms with van der Waals surface area (Å²) in [5.41, 5.74) is 1.17. The molecule has 0 saturated carbocycles. The van der Waals surface area contributed by atoms with Gasteiger partial charge in [-0.25, -0.2) is 4.98 Å². The molecule has 84 valence electrons. The molecule has 0 bridgehead atoms. The predicted octanol–water partition coefficient (Wildman–Crippen LogP) is 2.38. The van der Waals surface area contributed by atoms with E-state index >= 15 is 0 Å². The minimum absolute atomic E-state index is 0.0229. The average molecular weight is 261 g/mol. The topological polar surface area (TPSA) is 66.6 Å². The number of ketones is 1. The third-order valence-electron chi connectivity index (χ3n) is 2.00. The van der Waals surface area contributed by atoms with Crippen molar-refractivity contribution < 1.29 is 4.79 Å². The van der Waals surface area contributed by atoms with Crippen LogP contribution in [0.15, 0.2) is 34.9 Å². The Hall–Kier alpha value is -1.71. The van der Waals surface area contributed by atoms with Crippen LogP contribution in [0.4, 0.5) is 0 Å². The first-order chi connectivity index (χ1) is 8.29.